The summed E-state index contributed by atoms with van der Waals surface area (Å²) in [6.45, 7) is 1.93. The Balaban J connectivity index is 2.01. The molecule has 0 saturated heterocycles. The Labute approximate surface area is 117 Å². The molecular weight excluding hydrogens is 256 g/mol. The van der Waals surface area contributed by atoms with Gasteiger partial charge in [-0.25, -0.2) is 0 Å². The zero-order chi connectivity index (χ0) is 13.7. The van der Waals surface area contributed by atoms with Crippen molar-refractivity contribution in [2.24, 2.45) is 5.73 Å². The third-order valence-corrected chi connectivity index (χ3v) is 4.20. The number of rotatable bonds is 5. The molecule has 1 aromatic heterocycles. The van der Waals surface area contributed by atoms with Gasteiger partial charge in [-0.15, -0.1) is 11.8 Å². The van der Waals surface area contributed by atoms with Crippen molar-refractivity contribution in [3.8, 4) is 6.07 Å². The molecule has 0 aliphatic heterocycles. The van der Waals surface area contributed by atoms with Crippen LogP contribution in [0, 0.1) is 18.3 Å². The molecule has 2 aromatic rings. The Bertz CT molecular complexity index is 573. The number of furan rings is 1. The molecule has 3 nitrogen and oxygen atoms in total. The quantitative estimate of drug-likeness (QED) is 0.847. The van der Waals surface area contributed by atoms with Crippen molar-refractivity contribution in [2.75, 3.05) is 5.75 Å². The molecule has 2 rings (SSSR count). The summed E-state index contributed by atoms with van der Waals surface area (Å²) in [5.74, 6) is 1.68. The van der Waals surface area contributed by atoms with Crippen molar-refractivity contribution in [3.63, 3.8) is 0 Å². The van der Waals surface area contributed by atoms with Gasteiger partial charge in [-0.3, -0.25) is 0 Å². The molecule has 1 unspecified atom stereocenters. The van der Waals surface area contributed by atoms with E-state index in [4.69, 9.17) is 10.2 Å². The van der Waals surface area contributed by atoms with E-state index in [1.165, 1.54) is 0 Å². The molecule has 0 radical (unpaired) electrons. The summed E-state index contributed by atoms with van der Waals surface area (Å²) in [6, 6.07) is 13.7. The number of nitrogens with two attached hydrogens (primary N) is 1. The standard InChI is InChI=1S/C15H16N2OS/c1-12-14(7-9-18-12)19-10-8-15(17,11-16)13-5-3-2-4-6-13/h2-7,9H,8,10,17H2,1H3. The second-order valence-electron chi connectivity index (χ2n) is 4.39. The van der Waals surface area contributed by atoms with Crippen LogP contribution in [0.15, 0.2) is 52.0 Å². The minimum atomic E-state index is -0.925. The lowest BCUT2D eigenvalue weighted by Crippen LogP contribution is -2.35. The predicted octanol–water partition coefficient (Wildman–Crippen LogP) is 3.45. The molecule has 19 heavy (non-hydrogen) atoms. The maximum atomic E-state index is 9.35. The lowest BCUT2D eigenvalue weighted by Gasteiger charge is -2.21. The van der Waals surface area contributed by atoms with Crippen LogP contribution in [0.2, 0.25) is 0 Å². The highest BCUT2D eigenvalue weighted by Gasteiger charge is 2.26. The second kappa shape index (κ2) is 5.96. The van der Waals surface area contributed by atoms with Crippen molar-refractivity contribution in [3.05, 3.63) is 54.0 Å². The van der Waals surface area contributed by atoms with Crippen LogP contribution in [0.1, 0.15) is 17.7 Å². The SMILES string of the molecule is Cc1occc1SCCC(N)(C#N)c1ccccc1. The lowest BCUT2D eigenvalue weighted by atomic mass is 9.90. The van der Waals surface area contributed by atoms with Gasteiger partial charge < -0.3 is 10.2 Å². The molecule has 4 heteroatoms. The molecule has 0 saturated carbocycles. The fraction of sp³-hybridized carbons (Fsp3) is 0.267. The maximum Gasteiger partial charge on any atom is 0.130 e. The molecule has 98 valence electrons. The summed E-state index contributed by atoms with van der Waals surface area (Å²) in [4.78, 5) is 1.10. The van der Waals surface area contributed by atoms with Crippen molar-refractivity contribution in [2.45, 2.75) is 23.8 Å². The first-order chi connectivity index (χ1) is 9.15. The summed E-state index contributed by atoms with van der Waals surface area (Å²) < 4.78 is 5.24. The summed E-state index contributed by atoms with van der Waals surface area (Å²) in [5.41, 5.74) is 6.14. The minimum Gasteiger partial charge on any atom is -0.468 e. The van der Waals surface area contributed by atoms with E-state index >= 15 is 0 Å². The highest BCUT2D eigenvalue weighted by molar-refractivity contribution is 7.99. The first-order valence-electron chi connectivity index (χ1n) is 6.08. The summed E-state index contributed by atoms with van der Waals surface area (Å²) in [5, 5.41) is 9.35. The molecule has 0 aliphatic carbocycles. The van der Waals surface area contributed by atoms with E-state index in [1.807, 2.05) is 43.3 Å². The van der Waals surface area contributed by atoms with Gasteiger partial charge in [0, 0.05) is 10.6 Å². The Morgan fingerprint density at radius 3 is 2.63 bits per heavy atom. The molecule has 0 amide bonds. The van der Waals surface area contributed by atoms with Gasteiger partial charge in [0.15, 0.2) is 0 Å². The fourth-order valence-electron chi connectivity index (χ4n) is 1.85. The monoisotopic (exact) mass is 272 g/mol. The minimum absolute atomic E-state index is 0.600. The number of thioether (sulfide) groups is 1. The number of nitriles is 1. The normalized spacial score (nSPS) is 13.7. The largest absolute Gasteiger partial charge is 0.468 e. The van der Waals surface area contributed by atoms with E-state index in [9.17, 15) is 5.26 Å². The Morgan fingerprint density at radius 2 is 2.05 bits per heavy atom. The van der Waals surface area contributed by atoms with E-state index in [0.717, 1.165) is 22.0 Å². The van der Waals surface area contributed by atoms with Gasteiger partial charge in [0.25, 0.3) is 0 Å². The summed E-state index contributed by atoms with van der Waals surface area (Å²) in [6.07, 6.45) is 2.28. The zero-order valence-corrected chi connectivity index (χ0v) is 11.6. The molecule has 1 heterocycles. The van der Waals surface area contributed by atoms with Crippen molar-refractivity contribution < 1.29 is 4.42 Å². The molecule has 0 aliphatic rings. The van der Waals surface area contributed by atoms with Gasteiger partial charge in [0.05, 0.1) is 12.3 Å². The van der Waals surface area contributed by atoms with E-state index in [2.05, 4.69) is 6.07 Å². The molecule has 1 aromatic carbocycles. The van der Waals surface area contributed by atoms with Gasteiger partial charge in [0.1, 0.15) is 11.3 Å². The highest BCUT2D eigenvalue weighted by atomic mass is 32.2. The van der Waals surface area contributed by atoms with E-state index in [0.29, 0.717) is 6.42 Å². The van der Waals surface area contributed by atoms with Crippen LogP contribution in [0.5, 0.6) is 0 Å². The third kappa shape index (κ3) is 3.19. The molecule has 2 N–H and O–H groups in total. The molecule has 0 spiro atoms. The van der Waals surface area contributed by atoms with Crippen LogP contribution < -0.4 is 5.73 Å². The molecule has 0 bridgehead atoms. The molecule has 1 atom stereocenters. The topological polar surface area (TPSA) is 62.9 Å². The van der Waals surface area contributed by atoms with E-state index in [-0.39, 0.29) is 0 Å². The van der Waals surface area contributed by atoms with Crippen molar-refractivity contribution >= 4 is 11.8 Å². The van der Waals surface area contributed by atoms with E-state index in [1.54, 1.807) is 18.0 Å². The van der Waals surface area contributed by atoms with Crippen LogP contribution in [-0.4, -0.2) is 5.75 Å². The highest BCUT2D eigenvalue weighted by Crippen LogP contribution is 2.28. The molecular formula is C15H16N2OS. The van der Waals surface area contributed by atoms with Crippen LogP contribution in [0.25, 0.3) is 0 Å². The zero-order valence-electron chi connectivity index (χ0n) is 10.8. The third-order valence-electron chi connectivity index (χ3n) is 3.05. The maximum absolute atomic E-state index is 9.35. The predicted molar refractivity (Wildman–Crippen MR) is 76.7 cm³/mol. The Kier molecular flexibility index (Phi) is 4.31. The van der Waals surface area contributed by atoms with Crippen LogP contribution in [-0.2, 0) is 5.54 Å². The first-order valence-corrected chi connectivity index (χ1v) is 7.07. The van der Waals surface area contributed by atoms with Crippen LogP contribution in [0.4, 0.5) is 0 Å². The van der Waals surface area contributed by atoms with Crippen LogP contribution in [0.3, 0.4) is 0 Å². The van der Waals surface area contributed by atoms with Crippen molar-refractivity contribution in [1.29, 1.82) is 5.26 Å². The Hall–Kier alpha value is -1.70. The number of benzene rings is 1. The van der Waals surface area contributed by atoms with Gasteiger partial charge in [0.2, 0.25) is 0 Å². The number of hydrogen-bond donors (Lipinski definition) is 1. The van der Waals surface area contributed by atoms with E-state index < -0.39 is 5.54 Å². The Morgan fingerprint density at radius 1 is 1.32 bits per heavy atom. The lowest BCUT2D eigenvalue weighted by molar-refractivity contribution is 0.526. The average molecular weight is 272 g/mol. The van der Waals surface area contributed by atoms with Gasteiger partial charge in [-0.1, -0.05) is 30.3 Å². The first kappa shape index (κ1) is 13.7. The average Bonchev–Trinajstić information content (AvgIpc) is 2.85. The number of nitrogens with zero attached hydrogens (tertiary/aromatic N) is 1. The summed E-state index contributed by atoms with van der Waals surface area (Å²) >= 11 is 1.67. The van der Waals surface area contributed by atoms with Crippen LogP contribution >= 0.6 is 11.8 Å². The number of hydrogen-bond acceptors (Lipinski definition) is 4. The van der Waals surface area contributed by atoms with Crippen molar-refractivity contribution in [1.82, 2.24) is 0 Å². The number of aryl methyl sites for hydroxylation is 1. The second-order valence-corrected chi connectivity index (χ2v) is 5.53. The fourth-order valence-corrected chi connectivity index (χ4v) is 2.89. The smallest absolute Gasteiger partial charge is 0.130 e. The molecule has 0 fully saturated rings. The summed E-state index contributed by atoms with van der Waals surface area (Å²) in [7, 11) is 0. The van der Waals surface area contributed by atoms with Gasteiger partial charge in [-0.2, -0.15) is 5.26 Å². The van der Waals surface area contributed by atoms with Gasteiger partial charge in [-0.05, 0) is 25.0 Å². The van der Waals surface area contributed by atoms with Gasteiger partial charge >= 0.3 is 0 Å².